The van der Waals surface area contributed by atoms with Crippen molar-refractivity contribution in [3.05, 3.63) is 153 Å². The molecule has 0 aliphatic carbocycles. The van der Waals surface area contributed by atoms with Crippen molar-refractivity contribution in [3.8, 4) is 22.3 Å². The van der Waals surface area contributed by atoms with Crippen LogP contribution in [-0.2, 0) is 26.3 Å². The number of benzene rings is 4. The molecule has 0 saturated heterocycles. The van der Waals surface area contributed by atoms with E-state index in [1.165, 1.54) is 23.5 Å². The van der Waals surface area contributed by atoms with E-state index in [2.05, 4.69) is 20.7 Å². The van der Waals surface area contributed by atoms with E-state index in [1.54, 1.807) is 42.3 Å². The molecule has 0 fully saturated rings. The molecule has 0 bridgehead atoms. The summed E-state index contributed by atoms with van der Waals surface area (Å²) in [6.07, 6.45) is 6.97. The zero-order valence-corrected chi connectivity index (χ0v) is 29.4. The average Bonchev–Trinajstić information content (AvgIpc) is 3.74. The van der Waals surface area contributed by atoms with Crippen molar-refractivity contribution in [2.75, 3.05) is 13.1 Å². The molecule has 6 rings (SSSR count). The van der Waals surface area contributed by atoms with Gasteiger partial charge in [-0.2, -0.15) is 5.10 Å². The zero-order chi connectivity index (χ0) is 35.7. The van der Waals surface area contributed by atoms with Crippen LogP contribution in [0.5, 0.6) is 0 Å². The van der Waals surface area contributed by atoms with Gasteiger partial charge in [0.1, 0.15) is 11.6 Å². The number of nitrogens with one attached hydrogen (secondary N) is 2. The summed E-state index contributed by atoms with van der Waals surface area (Å²) in [6, 6.07) is 27.6. The minimum atomic E-state index is -0.307. The van der Waals surface area contributed by atoms with Gasteiger partial charge >= 0.3 is 0 Å². The molecule has 0 unspecified atom stereocenters. The van der Waals surface area contributed by atoms with Crippen LogP contribution in [0, 0.1) is 18.6 Å². The monoisotopic (exact) mass is 703 g/mol. The first-order chi connectivity index (χ1) is 24.7. The first kappa shape index (κ1) is 35.3. The van der Waals surface area contributed by atoms with Gasteiger partial charge in [0, 0.05) is 55.0 Å². The summed E-state index contributed by atoms with van der Waals surface area (Å²) < 4.78 is 30.9. The third-order valence-corrected chi connectivity index (χ3v) is 9.67. The number of nitrogens with zero attached hydrogens (tertiary/aromatic N) is 3. The second-order valence-corrected chi connectivity index (χ2v) is 13.6. The van der Waals surface area contributed by atoms with Crippen LogP contribution in [0.4, 0.5) is 8.78 Å². The Morgan fingerprint density at radius 3 is 1.92 bits per heavy atom. The zero-order valence-electron chi connectivity index (χ0n) is 28.6. The van der Waals surface area contributed by atoms with Gasteiger partial charge in [0.05, 0.1) is 11.3 Å². The Labute approximate surface area is 300 Å². The number of aromatic nitrogens is 3. The molecule has 51 heavy (non-hydrogen) atoms. The minimum absolute atomic E-state index is 0.123. The fourth-order valence-electron chi connectivity index (χ4n) is 5.98. The quantitative estimate of drug-likeness (QED) is 0.112. The van der Waals surface area contributed by atoms with Gasteiger partial charge in [0.15, 0.2) is 5.01 Å². The second-order valence-electron chi connectivity index (χ2n) is 12.5. The number of hydrogen-bond donors (Lipinski definition) is 2. The highest BCUT2D eigenvalue weighted by Crippen LogP contribution is 2.27. The maximum Gasteiger partial charge on any atom is 0.280 e. The van der Waals surface area contributed by atoms with E-state index in [9.17, 15) is 14.0 Å². The van der Waals surface area contributed by atoms with E-state index >= 15 is 4.39 Å². The Balaban J connectivity index is 0.934. The normalized spacial score (nSPS) is 11.1. The molecule has 4 aromatic carbocycles. The van der Waals surface area contributed by atoms with Gasteiger partial charge in [-0.15, -0.1) is 11.3 Å². The van der Waals surface area contributed by atoms with Crippen LogP contribution in [0.3, 0.4) is 0 Å². The highest BCUT2D eigenvalue weighted by Gasteiger charge is 2.14. The molecular formula is C41H39F2N5O2S. The van der Waals surface area contributed by atoms with Crippen LogP contribution in [-0.4, -0.2) is 39.7 Å². The molecule has 0 atom stereocenters. The SMILES string of the molecule is Cc1nn(C)cc1C(=O)NCCCc1ccc(-c2ccc(Cc3cnc(C(=O)NCCCc4ccc(-c5ccccc5F)cc4)s3)cc2F)cc1. The van der Waals surface area contributed by atoms with Crippen LogP contribution in [0.2, 0.25) is 0 Å². The standard InChI is InChI=1S/C41H39F2N5O2S/c1-27-36(26-48(2)47-27)39(49)44-21-5-7-28-13-18-32(19-14-28)35-20-15-30(24-38(35)43)23-33-25-46-41(51-33)40(50)45-22-6-8-29-11-16-31(17-12-29)34-9-3-4-10-37(34)42/h3-4,9-20,24-26H,5-8,21-23H2,1-2H3,(H,44,49)(H,45,50). The van der Waals surface area contributed by atoms with Crippen molar-refractivity contribution in [1.82, 2.24) is 25.4 Å². The van der Waals surface area contributed by atoms with Gasteiger partial charge < -0.3 is 10.6 Å². The lowest BCUT2D eigenvalue weighted by molar-refractivity contribution is 0.0944. The van der Waals surface area contributed by atoms with Crippen molar-refractivity contribution in [2.45, 2.75) is 39.0 Å². The number of halogens is 2. The van der Waals surface area contributed by atoms with E-state index in [-0.39, 0.29) is 23.4 Å². The van der Waals surface area contributed by atoms with E-state index in [0.29, 0.717) is 46.9 Å². The number of amides is 2. The van der Waals surface area contributed by atoms with Gasteiger partial charge in [0.25, 0.3) is 11.8 Å². The maximum atomic E-state index is 15.2. The van der Waals surface area contributed by atoms with E-state index in [1.807, 2.05) is 67.6 Å². The molecule has 0 aliphatic heterocycles. The van der Waals surface area contributed by atoms with Gasteiger partial charge in [-0.25, -0.2) is 13.8 Å². The maximum absolute atomic E-state index is 15.2. The van der Waals surface area contributed by atoms with Crippen molar-refractivity contribution >= 4 is 23.2 Å². The molecule has 2 heterocycles. The Morgan fingerprint density at radius 2 is 1.33 bits per heavy atom. The van der Waals surface area contributed by atoms with E-state index < -0.39 is 0 Å². The molecule has 7 nitrogen and oxygen atoms in total. The van der Waals surface area contributed by atoms with Crippen LogP contribution in [0.25, 0.3) is 22.3 Å². The predicted octanol–water partition coefficient (Wildman–Crippen LogP) is 8.11. The summed E-state index contributed by atoms with van der Waals surface area (Å²) >= 11 is 1.31. The number of thiazole rings is 1. The Kier molecular flexibility index (Phi) is 11.4. The van der Waals surface area contributed by atoms with Crippen molar-refractivity contribution in [3.63, 3.8) is 0 Å². The summed E-state index contributed by atoms with van der Waals surface area (Å²) in [6.45, 7) is 2.87. The van der Waals surface area contributed by atoms with Crippen LogP contribution < -0.4 is 10.6 Å². The third-order valence-electron chi connectivity index (χ3n) is 8.68. The van der Waals surface area contributed by atoms with Crippen molar-refractivity contribution < 1.29 is 18.4 Å². The van der Waals surface area contributed by atoms with Gasteiger partial charge in [-0.1, -0.05) is 78.9 Å². The fourth-order valence-corrected chi connectivity index (χ4v) is 6.84. The number of hydrogen-bond acceptors (Lipinski definition) is 5. The molecule has 0 aliphatic rings. The van der Waals surface area contributed by atoms with Crippen LogP contribution in [0.15, 0.2) is 103 Å². The van der Waals surface area contributed by atoms with Crippen molar-refractivity contribution in [2.24, 2.45) is 7.05 Å². The summed E-state index contributed by atoms with van der Waals surface area (Å²) in [5.74, 6) is -0.900. The van der Waals surface area contributed by atoms with Crippen molar-refractivity contribution in [1.29, 1.82) is 0 Å². The molecule has 2 N–H and O–H groups in total. The largest absolute Gasteiger partial charge is 0.352 e. The summed E-state index contributed by atoms with van der Waals surface area (Å²) in [4.78, 5) is 30.3. The summed E-state index contributed by atoms with van der Waals surface area (Å²) in [5, 5.41) is 10.5. The molecule has 0 radical (unpaired) electrons. The number of carbonyl (C=O) groups is 2. The Bertz CT molecular complexity index is 2120. The number of carbonyl (C=O) groups excluding carboxylic acids is 2. The van der Waals surface area contributed by atoms with Gasteiger partial charge in [0.2, 0.25) is 0 Å². The minimum Gasteiger partial charge on any atom is -0.352 e. The molecule has 6 aromatic rings. The lowest BCUT2D eigenvalue weighted by atomic mass is 9.99. The predicted molar refractivity (Wildman–Crippen MR) is 198 cm³/mol. The molecule has 0 saturated carbocycles. The van der Waals surface area contributed by atoms with Gasteiger partial charge in [-0.05, 0) is 72.6 Å². The summed E-state index contributed by atoms with van der Waals surface area (Å²) in [7, 11) is 1.79. The Hall–Kier alpha value is -5.48. The van der Waals surface area contributed by atoms with Crippen LogP contribution in [0.1, 0.15) is 60.3 Å². The smallest absolute Gasteiger partial charge is 0.280 e. The first-order valence-electron chi connectivity index (χ1n) is 17.0. The molecule has 2 amide bonds. The van der Waals surface area contributed by atoms with E-state index in [4.69, 9.17) is 0 Å². The topological polar surface area (TPSA) is 88.9 Å². The third kappa shape index (κ3) is 9.20. The van der Waals surface area contributed by atoms with Gasteiger partial charge in [-0.3, -0.25) is 14.3 Å². The lowest BCUT2D eigenvalue weighted by Crippen LogP contribution is -2.25. The highest BCUT2D eigenvalue weighted by atomic mass is 32.1. The number of aryl methyl sites for hydroxylation is 4. The lowest BCUT2D eigenvalue weighted by Gasteiger charge is -2.08. The second kappa shape index (κ2) is 16.5. The van der Waals surface area contributed by atoms with Crippen LogP contribution >= 0.6 is 11.3 Å². The molecule has 260 valence electrons. The van der Waals surface area contributed by atoms with E-state index in [0.717, 1.165) is 58.4 Å². The molecule has 10 heteroatoms. The number of rotatable bonds is 14. The first-order valence-corrected chi connectivity index (χ1v) is 17.8. The average molecular weight is 704 g/mol. The molecular weight excluding hydrogens is 665 g/mol. The molecule has 0 spiro atoms. The highest BCUT2D eigenvalue weighted by molar-refractivity contribution is 7.13. The fraction of sp³-hybridized carbons (Fsp3) is 0.220. The molecule has 2 aromatic heterocycles. The Morgan fingerprint density at radius 1 is 0.745 bits per heavy atom. The summed E-state index contributed by atoms with van der Waals surface area (Å²) in [5.41, 5.74) is 7.04.